The zero-order valence-electron chi connectivity index (χ0n) is 6.63. The van der Waals surface area contributed by atoms with Gasteiger partial charge in [-0.25, -0.2) is 0 Å². The van der Waals surface area contributed by atoms with Crippen LogP contribution in [0.5, 0.6) is 0 Å². The summed E-state index contributed by atoms with van der Waals surface area (Å²) in [5.41, 5.74) is 0. The largest absolute Gasteiger partial charge is 1.00 e. The molecule has 2 rings (SSSR count). The molecule has 0 atom stereocenters. The predicted molar refractivity (Wildman–Crippen MR) is 42.8 cm³/mol. The summed E-state index contributed by atoms with van der Waals surface area (Å²) >= 11 is 0. The molecule has 0 aliphatic heterocycles. The standard InChI is InChI=1S/C10H7.ClH.Hg/c1-2-6-10-8-4-3-7-9(10)5-1;;/h1-7H;1H;/q;;+1/p-1. The molecule has 0 saturated heterocycles. The molecule has 0 bridgehead atoms. The van der Waals surface area contributed by atoms with Crippen molar-refractivity contribution in [1.82, 2.24) is 0 Å². The van der Waals surface area contributed by atoms with E-state index >= 15 is 0 Å². The summed E-state index contributed by atoms with van der Waals surface area (Å²) in [6.45, 7) is 0. The van der Waals surface area contributed by atoms with Crippen LogP contribution < -0.4 is 12.4 Å². The van der Waals surface area contributed by atoms with Crippen molar-refractivity contribution in [2.24, 2.45) is 0 Å². The fraction of sp³-hybridized carbons (Fsp3) is 0. The van der Waals surface area contributed by atoms with E-state index in [4.69, 9.17) is 0 Å². The normalized spacial score (nSPS) is 8.33. The Morgan fingerprint density at radius 1 is 0.917 bits per heavy atom. The molecule has 0 aromatic heterocycles. The maximum atomic E-state index is 3.15. The molecular formula is C10H7ClHg. The van der Waals surface area contributed by atoms with Crippen LogP contribution in [0.15, 0.2) is 42.5 Å². The molecule has 0 amide bonds. The van der Waals surface area contributed by atoms with Crippen LogP contribution in [-0.4, -0.2) is 0 Å². The second-order valence-corrected chi connectivity index (χ2v) is 2.26. The maximum Gasteiger partial charge on any atom is 1.00 e. The third-order valence-electron chi connectivity index (χ3n) is 1.57. The van der Waals surface area contributed by atoms with Crippen LogP contribution in [0.2, 0.25) is 0 Å². The predicted octanol–water partition coefficient (Wildman–Crippen LogP) is -0.359. The molecule has 2 aromatic rings. The Bertz CT molecular complexity index is 281. The van der Waals surface area contributed by atoms with Gasteiger partial charge in [0.15, 0.2) is 0 Å². The quantitative estimate of drug-likeness (QED) is 0.561. The van der Waals surface area contributed by atoms with Gasteiger partial charge in [0.2, 0.25) is 0 Å². The summed E-state index contributed by atoms with van der Waals surface area (Å²) in [6.07, 6.45) is 0. The van der Waals surface area contributed by atoms with Gasteiger partial charge in [0, 0.05) is 0 Å². The van der Waals surface area contributed by atoms with Crippen molar-refractivity contribution in [1.29, 1.82) is 0 Å². The van der Waals surface area contributed by atoms with Crippen molar-refractivity contribution >= 4 is 10.8 Å². The number of benzene rings is 2. The van der Waals surface area contributed by atoms with Gasteiger partial charge in [-0.15, -0.1) is 0 Å². The molecule has 2 radical (unpaired) electrons. The van der Waals surface area contributed by atoms with Crippen molar-refractivity contribution in [3.05, 3.63) is 48.5 Å². The van der Waals surface area contributed by atoms with Gasteiger partial charge in [-0.05, 0) is 16.8 Å². The molecule has 2 aromatic carbocycles. The first-order valence-corrected chi connectivity index (χ1v) is 3.32. The summed E-state index contributed by atoms with van der Waals surface area (Å²) < 4.78 is 0. The maximum absolute atomic E-state index is 3.15. The van der Waals surface area contributed by atoms with E-state index in [2.05, 4.69) is 24.3 Å². The molecule has 0 nitrogen and oxygen atoms in total. The minimum absolute atomic E-state index is 0. The second kappa shape index (κ2) is 5.55. The van der Waals surface area contributed by atoms with Crippen LogP contribution in [-0.2, 0) is 27.7 Å². The summed E-state index contributed by atoms with van der Waals surface area (Å²) in [5, 5.41) is 2.44. The molecule has 12 heavy (non-hydrogen) atoms. The molecule has 2 heteroatoms. The molecule has 0 fully saturated rings. The summed E-state index contributed by atoms with van der Waals surface area (Å²) in [4.78, 5) is 0. The minimum Gasteiger partial charge on any atom is -1.00 e. The van der Waals surface area contributed by atoms with E-state index in [1.54, 1.807) is 0 Å². The second-order valence-electron chi connectivity index (χ2n) is 2.26. The van der Waals surface area contributed by atoms with Crippen molar-refractivity contribution in [3.63, 3.8) is 0 Å². The zero-order valence-corrected chi connectivity index (χ0v) is 12.9. The van der Waals surface area contributed by atoms with E-state index in [0.29, 0.717) is 0 Å². The van der Waals surface area contributed by atoms with Crippen molar-refractivity contribution < 1.29 is 40.1 Å². The summed E-state index contributed by atoms with van der Waals surface area (Å²) in [7, 11) is 0. The average Bonchev–Trinajstić information content (AvgIpc) is 2.05. The minimum atomic E-state index is 0. The van der Waals surface area contributed by atoms with E-state index < -0.39 is 0 Å². The first kappa shape index (κ1) is 11.9. The molecule has 0 spiro atoms. The fourth-order valence-electron chi connectivity index (χ4n) is 1.06. The van der Waals surface area contributed by atoms with Crippen molar-refractivity contribution in [2.45, 2.75) is 0 Å². The van der Waals surface area contributed by atoms with E-state index in [1.165, 1.54) is 10.8 Å². The fourth-order valence-corrected chi connectivity index (χ4v) is 1.06. The van der Waals surface area contributed by atoms with E-state index in [0.717, 1.165) is 0 Å². The Hall–Kier alpha value is -0.0749. The zero-order chi connectivity index (χ0) is 6.81. The van der Waals surface area contributed by atoms with Gasteiger partial charge < -0.3 is 12.4 Å². The van der Waals surface area contributed by atoms with Gasteiger partial charge in [0.05, 0.1) is 0 Å². The van der Waals surface area contributed by atoms with Gasteiger partial charge in [-0.1, -0.05) is 42.5 Å². The van der Waals surface area contributed by atoms with Crippen LogP contribution in [0.1, 0.15) is 0 Å². The monoisotopic (exact) mass is 364 g/mol. The molecule has 0 unspecified atom stereocenters. The van der Waals surface area contributed by atoms with E-state index in [-0.39, 0.29) is 40.1 Å². The van der Waals surface area contributed by atoms with Gasteiger partial charge >= 0.3 is 27.7 Å². The van der Waals surface area contributed by atoms with Crippen LogP contribution in [0, 0.1) is 6.07 Å². The number of rotatable bonds is 0. The van der Waals surface area contributed by atoms with E-state index in [1.807, 2.05) is 24.3 Å². The van der Waals surface area contributed by atoms with Crippen LogP contribution >= 0.6 is 0 Å². The van der Waals surface area contributed by atoms with E-state index in [9.17, 15) is 0 Å². The SMILES string of the molecule is [Cl-].[Hg+].[c]1cccc2ccccc12. The first-order valence-electron chi connectivity index (χ1n) is 3.32. The Balaban J connectivity index is 0.000000605. The number of hydrogen-bond donors (Lipinski definition) is 0. The molecule has 0 saturated carbocycles. The van der Waals surface area contributed by atoms with Gasteiger partial charge in [0.1, 0.15) is 0 Å². The Labute approximate surface area is 98.9 Å². The third kappa shape index (κ3) is 2.46. The number of halogens is 1. The topological polar surface area (TPSA) is 0 Å². The average molecular weight is 363 g/mol. The third-order valence-corrected chi connectivity index (χ3v) is 1.57. The molecular weight excluding hydrogens is 356 g/mol. The van der Waals surface area contributed by atoms with Gasteiger partial charge in [0.25, 0.3) is 0 Å². The van der Waals surface area contributed by atoms with Gasteiger partial charge in [-0.3, -0.25) is 0 Å². The van der Waals surface area contributed by atoms with Crippen molar-refractivity contribution in [3.8, 4) is 0 Å². The first-order chi connectivity index (χ1) is 4.97. The number of fused-ring (bicyclic) bond motifs is 1. The Kier molecular flexibility index (Phi) is 5.52. The number of hydrogen-bond acceptors (Lipinski definition) is 0. The molecule has 0 aliphatic rings. The smallest absolute Gasteiger partial charge is 1.00 e. The van der Waals surface area contributed by atoms with Gasteiger partial charge in [-0.2, -0.15) is 0 Å². The molecule has 0 aliphatic carbocycles. The van der Waals surface area contributed by atoms with Crippen LogP contribution in [0.25, 0.3) is 10.8 Å². The van der Waals surface area contributed by atoms with Crippen molar-refractivity contribution in [2.75, 3.05) is 0 Å². The molecule has 0 heterocycles. The van der Waals surface area contributed by atoms with Crippen LogP contribution in [0.3, 0.4) is 0 Å². The Morgan fingerprint density at radius 3 is 2.33 bits per heavy atom. The van der Waals surface area contributed by atoms with Crippen LogP contribution in [0.4, 0.5) is 0 Å². The molecule has 0 N–H and O–H groups in total. The Morgan fingerprint density at radius 2 is 1.58 bits per heavy atom. The molecule has 56 valence electrons. The summed E-state index contributed by atoms with van der Waals surface area (Å²) in [5.74, 6) is 0. The summed E-state index contributed by atoms with van der Waals surface area (Å²) in [6, 6.07) is 17.4.